The summed E-state index contributed by atoms with van der Waals surface area (Å²) in [6, 6.07) is 20.4. The Labute approximate surface area is 401 Å². The Balaban J connectivity index is 0.000000253. The zero-order valence-electron chi connectivity index (χ0n) is 38.0. The number of carbonyl (C=O) groups is 5. The molecule has 0 aromatic carbocycles. The third kappa shape index (κ3) is 23.5. The summed E-state index contributed by atoms with van der Waals surface area (Å²) in [5.74, 6) is -0.612. The second-order valence-corrected chi connectivity index (χ2v) is 16.6. The molecule has 6 aromatic rings. The van der Waals surface area contributed by atoms with E-state index in [0.29, 0.717) is 40.0 Å². The molecule has 6 aromatic heterocycles. The number of rotatable bonds is 10. The summed E-state index contributed by atoms with van der Waals surface area (Å²) in [5.41, 5.74) is 12.8. The number of aliphatic carboxylic acids is 1. The minimum Gasteiger partial charge on any atom is -0.478 e. The van der Waals surface area contributed by atoms with Crippen LogP contribution in [0.3, 0.4) is 0 Å². The van der Waals surface area contributed by atoms with Gasteiger partial charge in [-0.05, 0) is 165 Å². The van der Waals surface area contributed by atoms with Crippen molar-refractivity contribution in [1.82, 2.24) is 29.9 Å². The molecule has 0 spiro atoms. The number of nitrogen functional groups attached to an aromatic ring is 2. The smallest absolute Gasteiger partial charge is 0.331 e. The van der Waals surface area contributed by atoms with Crippen LogP contribution >= 0.6 is 15.9 Å². The number of esters is 2. The van der Waals surface area contributed by atoms with Crippen LogP contribution in [-0.4, -0.2) is 75.9 Å². The van der Waals surface area contributed by atoms with E-state index in [1.807, 2.05) is 26.8 Å². The van der Waals surface area contributed by atoms with Crippen LogP contribution in [0.25, 0.3) is 18.2 Å². The molecule has 0 unspecified atom stereocenters. The summed E-state index contributed by atoms with van der Waals surface area (Å²) >= 11 is 3.23. The van der Waals surface area contributed by atoms with Gasteiger partial charge in [0.05, 0.1) is 11.1 Å². The van der Waals surface area contributed by atoms with Crippen LogP contribution in [0, 0.1) is 0 Å². The number of anilines is 4. The highest BCUT2D eigenvalue weighted by molar-refractivity contribution is 9.10. The van der Waals surface area contributed by atoms with E-state index in [-0.39, 0.29) is 17.8 Å². The highest BCUT2D eigenvalue weighted by Crippen LogP contribution is 2.13. The van der Waals surface area contributed by atoms with Crippen LogP contribution in [0.5, 0.6) is 0 Å². The van der Waals surface area contributed by atoms with Gasteiger partial charge in [-0.2, -0.15) is 0 Å². The molecule has 0 atom stereocenters. The van der Waals surface area contributed by atoms with Gasteiger partial charge >= 0.3 is 17.9 Å². The third-order valence-electron chi connectivity index (χ3n) is 7.52. The Kier molecular flexibility index (Phi) is 21.5. The summed E-state index contributed by atoms with van der Waals surface area (Å²) in [6.07, 6.45) is 20.8. The SMILES string of the molecule is CC(C)(C)OC(=O)/C=C/c1ccc(N)nc1.CC(C)(C)OC(=O)/C=C/c1ccc(NC(=O)c2cccnc2)nc1.Nc1ccc(Br)cn1.O=C(O)/C=C/c1ccc(NC(=O)c2cccnc2)nc1. The molecule has 68 heavy (non-hydrogen) atoms. The van der Waals surface area contributed by atoms with Crippen molar-refractivity contribution in [1.29, 1.82) is 0 Å². The van der Waals surface area contributed by atoms with Crippen molar-refractivity contribution in [3.05, 3.63) is 173 Å². The maximum Gasteiger partial charge on any atom is 0.331 e. The Morgan fingerprint density at radius 3 is 1.25 bits per heavy atom. The van der Waals surface area contributed by atoms with Crippen molar-refractivity contribution >= 4 is 87.2 Å². The van der Waals surface area contributed by atoms with Crippen molar-refractivity contribution in [2.75, 3.05) is 22.1 Å². The Morgan fingerprint density at radius 2 is 0.941 bits per heavy atom. The average molecular weight is 988 g/mol. The topological polar surface area (TPSA) is 277 Å². The van der Waals surface area contributed by atoms with Crippen LogP contribution in [-0.2, 0) is 23.9 Å². The minimum absolute atomic E-state index is 0.285. The van der Waals surface area contributed by atoms with E-state index >= 15 is 0 Å². The fourth-order valence-corrected chi connectivity index (χ4v) is 4.83. The molecular weight excluding hydrogens is 937 g/mol. The molecule has 352 valence electrons. The largest absolute Gasteiger partial charge is 0.478 e. The van der Waals surface area contributed by atoms with Gasteiger partial charge in [-0.25, -0.2) is 34.3 Å². The van der Waals surface area contributed by atoms with Crippen molar-refractivity contribution in [2.24, 2.45) is 0 Å². The first kappa shape index (κ1) is 53.9. The van der Waals surface area contributed by atoms with E-state index in [0.717, 1.165) is 21.7 Å². The van der Waals surface area contributed by atoms with Gasteiger partial charge in [0.2, 0.25) is 0 Å². The summed E-state index contributed by atoms with van der Waals surface area (Å²) in [5, 5.41) is 13.8. The molecule has 0 fully saturated rings. The number of halogens is 1. The van der Waals surface area contributed by atoms with Gasteiger partial charge in [0, 0.05) is 72.3 Å². The summed E-state index contributed by atoms with van der Waals surface area (Å²) in [4.78, 5) is 80.8. The van der Waals surface area contributed by atoms with Crippen molar-refractivity contribution in [3.8, 4) is 0 Å². The molecule has 0 saturated carbocycles. The Hall–Kier alpha value is -8.45. The molecule has 0 bridgehead atoms. The van der Waals surface area contributed by atoms with Crippen LogP contribution in [0.4, 0.5) is 23.3 Å². The molecule has 0 aliphatic rings. The van der Waals surface area contributed by atoms with E-state index in [2.05, 4.69) is 56.5 Å². The van der Waals surface area contributed by atoms with E-state index in [1.54, 1.807) is 131 Å². The number of carboxylic acids is 1. The molecular formula is C49H51BrN10O8. The Morgan fingerprint density at radius 1 is 0.544 bits per heavy atom. The number of nitrogens with two attached hydrogens (primary N) is 2. The molecule has 19 heteroatoms. The van der Waals surface area contributed by atoms with Gasteiger partial charge in [0.1, 0.15) is 34.5 Å². The highest BCUT2D eigenvalue weighted by Gasteiger charge is 2.15. The number of carbonyl (C=O) groups excluding carboxylic acids is 4. The zero-order chi connectivity index (χ0) is 50.1. The van der Waals surface area contributed by atoms with Gasteiger partial charge in [0.15, 0.2) is 0 Å². The van der Waals surface area contributed by atoms with Gasteiger partial charge in [0.25, 0.3) is 11.8 Å². The molecule has 0 aliphatic heterocycles. The summed E-state index contributed by atoms with van der Waals surface area (Å²) in [6.45, 7) is 10.9. The number of hydrogen-bond acceptors (Lipinski definition) is 15. The molecule has 2 amide bonds. The third-order valence-corrected chi connectivity index (χ3v) is 7.99. The normalized spacial score (nSPS) is 10.9. The van der Waals surface area contributed by atoms with E-state index in [4.69, 9.17) is 26.0 Å². The maximum atomic E-state index is 12.0. The maximum absolute atomic E-state index is 12.0. The number of ether oxygens (including phenoxy) is 2. The van der Waals surface area contributed by atoms with Crippen LogP contribution in [0.15, 0.2) is 145 Å². The molecule has 6 heterocycles. The average Bonchev–Trinajstić information content (AvgIpc) is 3.29. The number of carboxylic acid groups (broad SMARTS) is 1. The molecule has 6 rings (SSSR count). The standard InChI is InChI=1S/C18H19N3O3.C14H11N3O3.C12H16N2O2.C5H5BrN2/c1-18(2,3)24-16(22)9-7-13-6-8-15(20-11-13)21-17(23)14-5-4-10-19-12-14;18-13(19)6-4-10-3-5-12(16-8-10)17-14(20)11-2-1-7-15-9-11;1-12(2,3)16-11(15)7-5-9-4-6-10(13)14-8-9;6-4-1-2-5(7)8-3-4/h4-12H,1-3H3,(H,20,21,23);1-9H,(H,18,19)(H,16,17,20);4-8H,1-3H3,(H2,13,14);1-3H,(H2,7,8)/b9-7+;6-4+;7-5+;. The van der Waals surface area contributed by atoms with Crippen LogP contribution in [0.1, 0.15) is 78.9 Å². The van der Waals surface area contributed by atoms with Crippen molar-refractivity contribution in [3.63, 3.8) is 0 Å². The van der Waals surface area contributed by atoms with Gasteiger partial charge in [-0.3, -0.25) is 19.6 Å². The predicted octanol–water partition coefficient (Wildman–Crippen LogP) is 8.36. The van der Waals surface area contributed by atoms with E-state index in [1.165, 1.54) is 36.8 Å². The summed E-state index contributed by atoms with van der Waals surface area (Å²) < 4.78 is 11.2. The predicted molar refractivity (Wildman–Crippen MR) is 264 cm³/mol. The highest BCUT2D eigenvalue weighted by atomic mass is 79.9. The second kappa shape index (κ2) is 27.1. The lowest BCUT2D eigenvalue weighted by Gasteiger charge is -2.17. The van der Waals surface area contributed by atoms with Gasteiger partial charge < -0.3 is 36.7 Å². The number of nitrogens with zero attached hydrogens (tertiary/aromatic N) is 6. The fraction of sp³-hybridized carbons (Fsp3) is 0.163. The zero-order valence-corrected chi connectivity index (χ0v) is 39.6. The number of pyridine rings is 6. The molecule has 18 nitrogen and oxygen atoms in total. The number of nitrogens with one attached hydrogen (secondary N) is 2. The summed E-state index contributed by atoms with van der Waals surface area (Å²) in [7, 11) is 0. The van der Waals surface area contributed by atoms with Gasteiger partial charge in [-0.15, -0.1) is 0 Å². The fourth-order valence-electron chi connectivity index (χ4n) is 4.60. The first-order valence-electron chi connectivity index (χ1n) is 20.3. The lowest BCUT2D eigenvalue weighted by Crippen LogP contribution is -2.22. The lowest BCUT2D eigenvalue weighted by atomic mass is 10.2. The quantitative estimate of drug-likeness (QED) is 0.0637. The minimum atomic E-state index is -1.03. The molecule has 0 radical (unpaired) electrons. The number of aromatic nitrogens is 6. The lowest BCUT2D eigenvalue weighted by molar-refractivity contribution is -0.149. The molecule has 0 aliphatic carbocycles. The van der Waals surface area contributed by atoms with E-state index in [9.17, 15) is 24.0 Å². The van der Waals surface area contributed by atoms with Crippen LogP contribution < -0.4 is 22.1 Å². The monoisotopic (exact) mass is 986 g/mol. The second-order valence-electron chi connectivity index (χ2n) is 15.7. The van der Waals surface area contributed by atoms with Crippen LogP contribution in [0.2, 0.25) is 0 Å². The van der Waals surface area contributed by atoms with Crippen molar-refractivity contribution in [2.45, 2.75) is 52.7 Å². The molecule has 7 N–H and O–H groups in total. The van der Waals surface area contributed by atoms with E-state index < -0.39 is 23.1 Å². The first-order chi connectivity index (χ1) is 32.1. The molecule has 0 saturated heterocycles. The Bertz CT molecular complexity index is 2610. The van der Waals surface area contributed by atoms with Gasteiger partial charge in [-0.1, -0.05) is 0 Å². The van der Waals surface area contributed by atoms with Crippen molar-refractivity contribution < 1.29 is 38.6 Å². The number of hydrogen-bond donors (Lipinski definition) is 5. The first-order valence-corrected chi connectivity index (χ1v) is 21.1. The number of amides is 2.